The van der Waals surface area contributed by atoms with Gasteiger partial charge in [-0.15, -0.1) is 0 Å². The molecule has 0 aromatic carbocycles. The van der Waals surface area contributed by atoms with Crippen molar-refractivity contribution in [2.75, 3.05) is 6.61 Å². The van der Waals surface area contributed by atoms with Crippen molar-refractivity contribution in [2.24, 2.45) is 0 Å². The van der Waals surface area contributed by atoms with E-state index < -0.39 is 23.7 Å². The van der Waals surface area contributed by atoms with Gasteiger partial charge in [0.25, 0.3) is 0 Å². The van der Waals surface area contributed by atoms with Gasteiger partial charge >= 0.3 is 12.1 Å². The van der Waals surface area contributed by atoms with Crippen LogP contribution in [0.2, 0.25) is 0 Å². The average molecular weight is 216 g/mol. The van der Waals surface area contributed by atoms with Crippen molar-refractivity contribution in [3.63, 3.8) is 0 Å². The van der Waals surface area contributed by atoms with Gasteiger partial charge in [-0.2, -0.15) is 0 Å². The first kappa shape index (κ1) is 13.7. The summed E-state index contributed by atoms with van der Waals surface area (Å²) in [5.74, 6) is -0.580. The van der Waals surface area contributed by atoms with E-state index in [1.807, 2.05) is 0 Å². The maximum absolute atomic E-state index is 11.2. The highest BCUT2D eigenvalue weighted by Crippen LogP contribution is 2.06. The van der Waals surface area contributed by atoms with Crippen LogP contribution in [-0.4, -0.2) is 30.3 Å². The van der Waals surface area contributed by atoms with Gasteiger partial charge in [-0.1, -0.05) is 0 Å². The second-order valence-corrected chi connectivity index (χ2v) is 3.95. The summed E-state index contributed by atoms with van der Waals surface area (Å²) in [4.78, 5) is 22.3. The highest BCUT2D eigenvalue weighted by atomic mass is 16.6. The average Bonchev–Trinajstić information content (AvgIpc) is 2.00. The first-order valence-electron chi connectivity index (χ1n) is 4.75. The molecular formula is C10H18NO4. The van der Waals surface area contributed by atoms with E-state index in [2.05, 4.69) is 17.0 Å². The number of rotatable bonds is 3. The summed E-state index contributed by atoms with van der Waals surface area (Å²) >= 11 is 0. The van der Waals surface area contributed by atoms with Crippen molar-refractivity contribution >= 4 is 12.1 Å². The number of hydrogen-bond acceptors (Lipinski definition) is 4. The summed E-state index contributed by atoms with van der Waals surface area (Å²) in [6.07, 6.45) is -0.685. The van der Waals surface area contributed by atoms with Gasteiger partial charge in [-0.25, -0.2) is 9.59 Å². The molecule has 0 aromatic rings. The van der Waals surface area contributed by atoms with Crippen LogP contribution in [0.15, 0.2) is 0 Å². The molecule has 0 aliphatic rings. The second-order valence-electron chi connectivity index (χ2n) is 3.95. The molecule has 0 fully saturated rings. The third-order valence-corrected chi connectivity index (χ3v) is 1.26. The number of carbonyl (C=O) groups excluding carboxylic acids is 2. The van der Waals surface area contributed by atoms with Crippen molar-refractivity contribution in [3.8, 4) is 0 Å². The van der Waals surface area contributed by atoms with Gasteiger partial charge in [0.05, 0.1) is 6.61 Å². The molecule has 0 heterocycles. The fourth-order valence-corrected chi connectivity index (χ4v) is 0.752. The zero-order valence-electron chi connectivity index (χ0n) is 9.62. The Bertz CT molecular complexity index is 232. The van der Waals surface area contributed by atoms with Gasteiger partial charge in [0.1, 0.15) is 11.6 Å². The third kappa shape index (κ3) is 6.76. The Balaban J connectivity index is 4.02. The molecule has 1 radical (unpaired) electrons. The van der Waals surface area contributed by atoms with E-state index in [0.29, 0.717) is 0 Å². The van der Waals surface area contributed by atoms with E-state index in [1.54, 1.807) is 27.7 Å². The number of carbonyl (C=O) groups is 2. The van der Waals surface area contributed by atoms with E-state index in [4.69, 9.17) is 4.74 Å². The van der Waals surface area contributed by atoms with E-state index in [-0.39, 0.29) is 6.61 Å². The molecule has 87 valence electrons. The van der Waals surface area contributed by atoms with Gasteiger partial charge in [0.2, 0.25) is 0 Å². The highest BCUT2D eigenvalue weighted by molar-refractivity contribution is 5.82. The number of alkyl carbamates (subject to hydrolysis) is 1. The lowest BCUT2D eigenvalue weighted by Gasteiger charge is -2.21. The lowest BCUT2D eigenvalue weighted by Crippen LogP contribution is -2.42. The third-order valence-electron chi connectivity index (χ3n) is 1.26. The quantitative estimate of drug-likeness (QED) is 0.722. The fraction of sp³-hybridized carbons (Fsp3) is 0.700. The fourth-order valence-electron chi connectivity index (χ4n) is 0.752. The molecule has 0 bridgehead atoms. The molecule has 15 heavy (non-hydrogen) atoms. The van der Waals surface area contributed by atoms with E-state index in [9.17, 15) is 9.59 Å². The first-order chi connectivity index (χ1) is 6.76. The van der Waals surface area contributed by atoms with Crippen LogP contribution in [0.25, 0.3) is 0 Å². The lowest BCUT2D eigenvalue weighted by molar-refractivity contribution is -0.144. The minimum Gasteiger partial charge on any atom is -0.464 e. The zero-order chi connectivity index (χ0) is 12.1. The molecule has 5 heteroatoms. The van der Waals surface area contributed by atoms with Crippen LogP contribution in [0.1, 0.15) is 27.7 Å². The normalized spacial score (nSPS) is 12.9. The maximum Gasteiger partial charge on any atom is 0.408 e. The summed E-state index contributed by atoms with van der Waals surface area (Å²) in [6.45, 7) is 10.6. The predicted molar refractivity (Wildman–Crippen MR) is 55.1 cm³/mol. The molecule has 0 saturated carbocycles. The van der Waals surface area contributed by atoms with Gasteiger partial charge in [-0.05, 0) is 34.6 Å². The van der Waals surface area contributed by atoms with Crippen LogP contribution in [0, 0.1) is 6.92 Å². The Morgan fingerprint density at radius 3 is 2.33 bits per heavy atom. The SMILES string of the molecule is [CH2][C@H](NC(=O)OC(C)(C)C)C(=O)OCC. The predicted octanol–water partition coefficient (Wildman–Crippen LogP) is 1.28. The maximum atomic E-state index is 11.2. The summed E-state index contributed by atoms with van der Waals surface area (Å²) in [5.41, 5.74) is -0.599. The van der Waals surface area contributed by atoms with Crippen LogP contribution >= 0.6 is 0 Å². The Labute approximate surface area is 90.1 Å². The van der Waals surface area contributed by atoms with E-state index in [0.717, 1.165) is 0 Å². The van der Waals surface area contributed by atoms with E-state index in [1.165, 1.54) is 0 Å². The molecule has 0 unspecified atom stereocenters. The Morgan fingerprint density at radius 1 is 1.40 bits per heavy atom. The molecule has 0 saturated heterocycles. The molecular weight excluding hydrogens is 198 g/mol. The minimum atomic E-state index is -0.945. The molecule has 0 aromatic heterocycles. The van der Waals surface area contributed by atoms with Gasteiger partial charge < -0.3 is 14.8 Å². The standard InChI is InChI=1S/C10H18NO4/c1-6-14-8(12)7(2)11-9(13)15-10(3,4)5/h7H,2,6H2,1,3-5H3,(H,11,13)/t7-/m0/s1. The molecule has 1 amide bonds. The smallest absolute Gasteiger partial charge is 0.408 e. The number of amides is 1. The topological polar surface area (TPSA) is 64.6 Å². The minimum absolute atomic E-state index is 0.251. The number of esters is 1. The molecule has 0 aliphatic carbocycles. The molecule has 1 atom stereocenters. The first-order valence-corrected chi connectivity index (χ1v) is 4.75. The van der Waals surface area contributed by atoms with Crippen molar-refractivity contribution in [2.45, 2.75) is 39.3 Å². The van der Waals surface area contributed by atoms with Crippen LogP contribution in [-0.2, 0) is 14.3 Å². The van der Waals surface area contributed by atoms with Crippen molar-refractivity contribution < 1.29 is 19.1 Å². The summed E-state index contributed by atoms with van der Waals surface area (Å²) in [6, 6.07) is -0.945. The number of ether oxygens (including phenoxy) is 2. The van der Waals surface area contributed by atoms with Crippen LogP contribution in [0.4, 0.5) is 4.79 Å². The zero-order valence-corrected chi connectivity index (χ0v) is 9.62. The Kier molecular flexibility index (Phi) is 5.11. The highest BCUT2D eigenvalue weighted by Gasteiger charge is 2.21. The largest absolute Gasteiger partial charge is 0.464 e. The van der Waals surface area contributed by atoms with Gasteiger partial charge in [-0.3, -0.25) is 0 Å². The summed E-state index contributed by atoms with van der Waals surface area (Å²) < 4.78 is 9.60. The Morgan fingerprint density at radius 2 is 1.93 bits per heavy atom. The van der Waals surface area contributed by atoms with Gasteiger partial charge in [0, 0.05) is 0 Å². The van der Waals surface area contributed by atoms with Crippen molar-refractivity contribution in [1.29, 1.82) is 0 Å². The van der Waals surface area contributed by atoms with Crippen LogP contribution in [0.5, 0.6) is 0 Å². The molecule has 0 rings (SSSR count). The molecule has 1 N–H and O–H groups in total. The Hall–Kier alpha value is -1.26. The number of nitrogens with one attached hydrogen (secondary N) is 1. The van der Waals surface area contributed by atoms with Crippen LogP contribution < -0.4 is 5.32 Å². The summed E-state index contributed by atoms with van der Waals surface area (Å²) in [5, 5.41) is 2.27. The van der Waals surface area contributed by atoms with Crippen molar-refractivity contribution in [3.05, 3.63) is 6.92 Å². The van der Waals surface area contributed by atoms with E-state index >= 15 is 0 Å². The molecule has 0 aliphatic heterocycles. The van der Waals surface area contributed by atoms with Crippen LogP contribution in [0.3, 0.4) is 0 Å². The van der Waals surface area contributed by atoms with Crippen molar-refractivity contribution in [1.82, 2.24) is 5.32 Å². The number of hydrogen-bond donors (Lipinski definition) is 1. The monoisotopic (exact) mass is 216 g/mol. The molecule has 0 spiro atoms. The molecule has 5 nitrogen and oxygen atoms in total. The second kappa shape index (κ2) is 5.58. The van der Waals surface area contributed by atoms with Gasteiger partial charge in [0.15, 0.2) is 0 Å². The lowest BCUT2D eigenvalue weighted by atomic mass is 10.2. The summed E-state index contributed by atoms with van der Waals surface area (Å²) in [7, 11) is 0.